The highest BCUT2D eigenvalue weighted by Crippen LogP contribution is 2.44. The molecule has 2 aliphatic rings. The molecular weight excluding hydrogens is 565 g/mol. The fourth-order valence-corrected chi connectivity index (χ4v) is 5.53. The number of halogens is 3. The zero-order chi connectivity index (χ0) is 23.9. The van der Waals surface area contributed by atoms with Crippen molar-refractivity contribution < 1.29 is 23.7 Å². The summed E-state index contributed by atoms with van der Waals surface area (Å²) in [6, 6.07) is 10.9. The number of hydrazine groups is 1. The number of amides is 3. The molecule has 0 radical (unpaired) electrons. The second kappa shape index (κ2) is 9.30. The number of rotatable bonds is 5. The number of nitro benzene ring substituents is 1. The summed E-state index contributed by atoms with van der Waals surface area (Å²) in [7, 11) is 0. The number of nitrogens with zero attached hydrogens (tertiary/aromatic N) is 3. The highest BCUT2D eigenvalue weighted by Gasteiger charge is 2.54. The van der Waals surface area contributed by atoms with Crippen molar-refractivity contribution in [1.82, 2.24) is 10.0 Å². The number of carbonyl (C=O) groups excluding carboxylic acids is 3. The average Bonchev–Trinajstić information content (AvgIpc) is 3.02. The van der Waals surface area contributed by atoms with E-state index in [2.05, 4.69) is 31.9 Å². The Morgan fingerprint density at radius 2 is 1.58 bits per heavy atom. The van der Waals surface area contributed by atoms with Crippen LogP contribution in [-0.4, -0.2) is 42.3 Å². The standard InChI is InChI=1S/C22H18Br2FN3O5/c23-16-9-14-15(10-17(16)24)22(31)27(21(14)30)26(11-12-5-1-3-7-18(12)25)20(29)13-6-2-4-8-19(13)28(32)33/h1-8,14-17H,9-11H2/t14-,15+,16+,17-. The van der Waals surface area contributed by atoms with E-state index in [1.165, 1.54) is 36.4 Å². The van der Waals surface area contributed by atoms with Gasteiger partial charge in [-0.25, -0.2) is 9.40 Å². The van der Waals surface area contributed by atoms with Gasteiger partial charge < -0.3 is 0 Å². The zero-order valence-corrected chi connectivity index (χ0v) is 20.2. The molecule has 1 saturated carbocycles. The van der Waals surface area contributed by atoms with Crippen molar-refractivity contribution in [3.63, 3.8) is 0 Å². The van der Waals surface area contributed by atoms with E-state index in [0.717, 1.165) is 16.1 Å². The Bertz CT molecular complexity index is 1120. The largest absolute Gasteiger partial charge is 0.282 e. The fraction of sp³-hybridized carbons (Fsp3) is 0.318. The smallest absolute Gasteiger partial charge is 0.272 e. The Morgan fingerprint density at radius 3 is 2.15 bits per heavy atom. The number of nitro groups is 1. The van der Waals surface area contributed by atoms with Crippen LogP contribution in [0.4, 0.5) is 10.1 Å². The van der Waals surface area contributed by atoms with E-state index in [9.17, 15) is 28.9 Å². The van der Waals surface area contributed by atoms with Gasteiger partial charge in [-0.15, -0.1) is 0 Å². The molecule has 1 heterocycles. The predicted molar refractivity (Wildman–Crippen MR) is 123 cm³/mol. The molecule has 2 fully saturated rings. The summed E-state index contributed by atoms with van der Waals surface area (Å²) >= 11 is 7.03. The average molecular weight is 583 g/mol. The van der Waals surface area contributed by atoms with Crippen LogP contribution in [-0.2, 0) is 16.1 Å². The molecule has 0 spiro atoms. The summed E-state index contributed by atoms with van der Waals surface area (Å²) in [6.45, 7) is -0.441. The molecule has 0 bridgehead atoms. The Labute approximate surface area is 205 Å². The molecule has 2 aromatic carbocycles. The van der Waals surface area contributed by atoms with E-state index in [4.69, 9.17) is 0 Å². The van der Waals surface area contributed by atoms with Crippen LogP contribution >= 0.6 is 31.9 Å². The third-order valence-electron chi connectivity index (χ3n) is 5.97. The summed E-state index contributed by atoms with van der Waals surface area (Å²) in [5.74, 6) is -3.99. The van der Waals surface area contributed by atoms with Crippen LogP contribution < -0.4 is 0 Å². The van der Waals surface area contributed by atoms with Gasteiger partial charge in [-0.3, -0.25) is 24.5 Å². The maximum atomic E-state index is 14.5. The molecular formula is C22H18Br2FN3O5. The molecule has 33 heavy (non-hydrogen) atoms. The first-order chi connectivity index (χ1) is 15.7. The second-order valence-electron chi connectivity index (χ2n) is 7.93. The molecule has 8 nitrogen and oxygen atoms in total. The third-order valence-corrected chi connectivity index (χ3v) is 8.71. The Balaban J connectivity index is 1.78. The van der Waals surface area contributed by atoms with Crippen LogP contribution in [0.1, 0.15) is 28.8 Å². The molecule has 11 heteroatoms. The van der Waals surface area contributed by atoms with Gasteiger partial charge in [0.05, 0.1) is 23.3 Å². The highest BCUT2D eigenvalue weighted by atomic mass is 79.9. The van der Waals surface area contributed by atoms with Crippen LogP contribution in [0.25, 0.3) is 0 Å². The van der Waals surface area contributed by atoms with Crippen molar-refractivity contribution in [2.75, 3.05) is 0 Å². The molecule has 1 saturated heterocycles. The number of alkyl halides is 2. The number of fused-ring (bicyclic) bond motifs is 1. The number of hydrogen-bond acceptors (Lipinski definition) is 5. The molecule has 1 aliphatic carbocycles. The van der Waals surface area contributed by atoms with Gasteiger partial charge in [0.2, 0.25) is 0 Å². The number of hydrogen-bond donors (Lipinski definition) is 0. The van der Waals surface area contributed by atoms with Gasteiger partial charge in [-0.1, -0.05) is 62.2 Å². The SMILES string of the molecule is O=C(c1ccccc1[N+](=O)[O-])N(Cc1ccccc1F)N1C(=O)[C@H]2C[C@@H](Br)[C@@H](Br)C[C@H]2C1=O. The predicted octanol–water partition coefficient (Wildman–Crippen LogP) is 4.21. The number of imide groups is 1. The van der Waals surface area contributed by atoms with E-state index < -0.39 is 52.5 Å². The summed E-state index contributed by atoms with van der Waals surface area (Å²) in [6.07, 6.45) is 0.768. The molecule has 172 valence electrons. The Hall–Kier alpha value is -2.66. The van der Waals surface area contributed by atoms with Crippen molar-refractivity contribution in [2.24, 2.45) is 11.8 Å². The van der Waals surface area contributed by atoms with E-state index in [1.54, 1.807) is 6.07 Å². The molecule has 2 aromatic rings. The first-order valence-electron chi connectivity index (χ1n) is 10.1. The maximum absolute atomic E-state index is 14.5. The molecule has 0 N–H and O–H groups in total. The van der Waals surface area contributed by atoms with Gasteiger partial charge in [-0.2, -0.15) is 5.01 Å². The van der Waals surface area contributed by atoms with Crippen LogP contribution in [0.5, 0.6) is 0 Å². The van der Waals surface area contributed by atoms with Gasteiger partial charge in [-0.05, 0) is 25.0 Å². The van der Waals surface area contributed by atoms with Crippen LogP contribution in [0, 0.1) is 27.8 Å². The van der Waals surface area contributed by atoms with Crippen LogP contribution in [0.3, 0.4) is 0 Å². The topological polar surface area (TPSA) is 101 Å². The van der Waals surface area contributed by atoms with E-state index in [0.29, 0.717) is 12.8 Å². The lowest BCUT2D eigenvalue weighted by atomic mass is 9.81. The molecule has 0 unspecified atom stereocenters. The second-order valence-corrected chi connectivity index (χ2v) is 10.3. The minimum atomic E-state index is -0.934. The molecule has 4 rings (SSSR count). The number of benzene rings is 2. The lowest BCUT2D eigenvalue weighted by molar-refractivity contribution is -0.385. The van der Waals surface area contributed by atoms with Crippen molar-refractivity contribution in [1.29, 1.82) is 0 Å². The minimum Gasteiger partial charge on any atom is -0.272 e. The number of para-hydroxylation sites is 1. The zero-order valence-electron chi connectivity index (χ0n) is 17.1. The van der Waals surface area contributed by atoms with Gasteiger partial charge in [0.1, 0.15) is 11.4 Å². The quantitative estimate of drug-likeness (QED) is 0.227. The van der Waals surface area contributed by atoms with E-state index in [-0.39, 0.29) is 20.8 Å². The first-order valence-corrected chi connectivity index (χ1v) is 12.0. The van der Waals surface area contributed by atoms with Gasteiger partial charge >= 0.3 is 0 Å². The summed E-state index contributed by atoms with van der Waals surface area (Å²) in [4.78, 5) is 50.9. The summed E-state index contributed by atoms with van der Waals surface area (Å²) < 4.78 is 14.5. The number of carbonyl (C=O) groups is 3. The van der Waals surface area contributed by atoms with Gasteiger partial charge in [0.25, 0.3) is 23.4 Å². The lowest BCUT2D eigenvalue weighted by Crippen LogP contribution is -2.50. The molecule has 3 amide bonds. The highest BCUT2D eigenvalue weighted by molar-refractivity contribution is 9.12. The summed E-state index contributed by atoms with van der Waals surface area (Å²) in [5, 5.41) is 13.1. The fourth-order valence-electron chi connectivity index (χ4n) is 4.29. The lowest BCUT2D eigenvalue weighted by Gasteiger charge is -2.30. The van der Waals surface area contributed by atoms with Crippen molar-refractivity contribution in [2.45, 2.75) is 29.0 Å². The molecule has 0 aromatic heterocycles. The van der Waals surface area contributed by atoms with Crippen LogP contribution in [0.15, 0.2) is 48.5 Å². The van der Waals surface area contributed by atoms with Crippen molar-refractivity contribution >= 4 is 55.3 Å². The van der Waals surface area contributed by atoms with Gasteiger partial charge in [0, 0.05) is 21.3 Å². The summed E-state index contributed by atoms with van der Waals surface area (Å²) in [5.41, 5.74) is -0.707. The third kappa shape index (κ3) is 4.31. The van der Waals surface area contributed by atoms with Crippen molar-refractivity contribution in [3.8, 4) is 0 Å². The van der Waals surface area contributed by atoms with Crippen molar-refractivity contribution in [3.05, 3.63) is 75.6 Å². The molecule has 1 aliphatic heterocycles. The minimum absolute atomic E-state index is 0.0404. The Morgan fingerprint density at radius 1 is 1.03 bits per heavy atom. The monoisotopic (exact) mass is 581 g/mol. The van der Waals surface area contributed by atoms with E-state index >= 15 is 0 Å². The first kappa shape index (κ1) is 23.5. The maximum Gasteiger partial charge on any atom is 0.282 e. The molecule has 4 atom stereocenters. The van der Waals surface area contributed by atoms with E-state index in [1.807, 2.05) is 0 Å². The van der Waals surface area contributed by atoms with Crippen LogP contribution in [0.2, 0.25) is 0 Å². The van der Waals surface area contributed by atoms with Gasteiger partial charge in [0.15, 0.2) is 0 Å². The normalized spacial score (nSPS) is 24.5. The Kier molecular flexibility index (Phi) is 6.62.